The molecule has 8 heteroatoms. The maximum Gasteiger partial charge on any atom is 0.422 e. The van der Waals surface area contributed by atoms with E-state index in [0.717, 1.165) is 19.4 Å². The molecule has 2 rings (SSSR count). The number of amides is 1. The minimum atomic E-state index is -4.41. The van der Waals surface area contributed by atoms with Crippen molar-refractivity contribution in [3.63, 3.8) is 0 Å². The average Bonchev–Trinajstić information content (AvgIpc) is 2.45. The largest absolute Gasteiger partial charge is 0.468 e. The lowest BCUT2D eigenvalue weighted by Gasteiger charge is -2.28. The van der Waals surface area contributed by atoms with Gasteiger partial charge in [0.2, 0.25) is 5.88 Å². The summed E-state index contributed by atoms with van der Waals surface area (Å²) in [5, 5.41) is 6.19. The Morgan fingerprint density at radius 3 is 2.86 bits per heavy atom. The predicted octanol–water partition coefficient (Wildman–Crippen LogP) is 1.89. The Morgan fingerprint density at radius 2 is 2.27 bits per heavy atom. The zero-order valence-electron chi connectivity index (χ0n) is 12.1. The molecule has 1 saturated heterocycles. The Labute approximate surface area is 126 Å². The fourth-order valence-electron chi connectivity index (χ4n) is 2.29. The monoisotopic (exact) mass is 317 g/mol. The highest BCUT2D eigenvalue weighted by Crippen LogP contribution is 2.17. The van der Waals surface area contributed by atoms with E-state index in [1.54, 1.807) is 0 Å². The summed E-state index contributed by atoms with van der Waals surface area (Å²) in [6.07, 6.45) is -1.52. The molecule has 122 valence electrons. The van der Waals surface area contributed by atoms with Crippen LogP contribution < -0.4 is 15.4 Å². The number of ether oxygens (including phenoxy) is 1. The van der Waals surface area contributed by atoms with E-state index in [1.807, 2.05) is 6.92 Å². The number of hydrogen-bond acceptors (Lipinski definition) is 4. The molecule has 2 atom stereocenters. The number of pyridine rings is 1. The molecule has 1 fully saturated rings. The van der Waals surface area contributed by atoms with Gasteiger partial charge in [-0.2, -0.15) is 13.2 Å². The van der Waals surface area contributed by atoms with E-state index in [1.165, 1.54) is 18.3 Å². The smallest absolute Gasteiger partial charge is 0.422 e. The number of carbonyl (C=O) groups excluding carboxylic acids is 1. The lowest BCUT2D eigenvalue weighted by Crippen LogP contribution is -2.46. The zero-order chi connectivity index (χ0) is 16.2. The minimum absolute atomic E-state index is 0.0879. The highest BCUT2D eigenvalue weighted by atomic mass is 19.4. The van der Waals surface area contributed by atoms with Gasteiger partial charge in [0.05, 0.1) is 5.56 Å². The van der Waals surface area contributed by atoms with Crippen LogP contribution in [0.2, 0.25) is 0 Å². The maximum absolute atomic E-state index is 12.1. The Hall–Kier alpha value is -1.83. The third-order valence-electron chi connectivity index (χ3n) is 3.34. The summed E-state index contributed by atoms with van der Waals surface area (Å²) in [7, 11) is 0. The highest BCUT2D eigenvalue weighted by molar-refractivity contribution is 5.94. The molecule has 0 radical (unpaired) electrons. The van der Waals surface area contributed by atoms with Crippen molar-refractivity contribution in [3.8, 4) is 5.88 Å². The molecule has 1 aromatic heterocycles. The summed E-state index contributed by atoms with van der Waals surface area (Å²) in [5.41, 5.74) is 0.297. The molecule has 0 aromatic carbocycles. The van der Waals surface area contributed by atoms with Crippen LogP contribution in [0.5, 0.6) is 5.88 Å². The molecule has 1 aliphatic heterocycles. The molecule has 1 aromatic rings. The van der Waals surface area contributed by atoms with Crippen LogP contribution in [0, 0.1) is 0 Å². The van der Waals surface area contributed by atoms with Gasteiger partial charge in [0, 0.05) is 24.3 Å². The molecule has 0 bridgehead atoms. The van der Waals surface area contributed by atoms with Crippen molar-refractivity contribution in [1.29, 1.82) is 0 Å². The topological polar surface area (TPSA) is 63.2 Å². The van der Waals surface area contributed by atoms with Gasteiger partial charge in [0.25, 0.3) is 5.91 Å². The van der Waals surface area contributed by atoms with Crippen LogP contribution in [0.3, 0.4) is 0 Å². The molecule has 22 heavy (non-hydrogen) atoms. The van der Waals surface area contributed by atoms with Crippen molar-refractivity contribution >= 4 is 5.91 Å². The van der Waals surface area contributed by atoms with Crippen LogP contribution in [-0.2, 0) is 0 Å². The molecule has 0 spiro atoms. The fraction of sp³-hybridized carbons (Fsp3) is 0.571. The SMILES string of the molecule is CC1CC(NC(=O)c2ccc(OCC(F)(F)F)nc2)CCN1. The van der Waals surface area contributed by atoms with Gasteiger partial charge < -0.3 is 15.4 Å². The number of piperidine rings is 1. The first-order chi connectivity index (χ1) is 10.3. The number of rotatable bonds is 4. The summed E-state index contributed by atoms with van der Waals surface area (Å²) in [6.45, 7) is 1.49. The standard InChI is InChI=1S/C14H18F3N3O2/c1-9-6-11(4-5-18-9)20-13(21)10-2-3-12(19-7-10)22-8-14(15,16)17/h2-3,7,9,11,18H,4-6,8H2,1H3,(H,20,21). The first kappa shape index (κ1) is 16.5. The number of hydrogen-bond donors (Lipinski definition) is 2. The van der Waals surface area contributed by atoms with Gasteiger partial charge in [0.1, 0.15) is 0 Å². The van der Waals surface area contributed by atoms with Crippen LogP contribution >= 0.6 is 0 Å². The van der Waals surface area contributed by atoms with E-state index >= 15 is 0 Å². The van der Waals surface area contributed by atoms with Gasteiger partial charge >= 0.3 is 6.18 Å². The van der Waals surface area contributed by atoms with Crippen LogP contribution in [0.4, 0.5) is 13.2 Å². The normalized spacial score (nSPS) is 22.2. The molecular weight excluding hydrogens is 299 g/mol. The molecule has 5 nitrogen and oxygen atoms in total. The fourth-order valence-corrected chi connectivity index (χ4v) is 2.29. The second-order valence-electron chi connectivity index (χ2n) is 5.34. The first-order valence-electron chi connectivity index (χ1n) is 7.03. The second-order valence-corrected chi connectivity index (χ2v) is 5.34. The van der Waals surface area contributed by atoms with Crippen molar-refractivity contribution in [2.45, 2.75) is 38.0 Å². The Kier molecular flexibility index (Phi) is 5.23. The van der Waals surface area contributed by atoms with Gasteiger partial charge in [-0.15, -0.1) is 0 Å². The lowest BCUT2D eigenvalue weighted by atomic mass is 10.0. The van der Waals surface area contributed by atoms with Crippen LogP contribution in [0.25, 0.3) is 0 Å². The summed E-state index contributed by atoms with van der Waals surface area (Å²) in [4.78, 5) is 15.8. The zero-order valence-corrected chi connectivity index (χ0v) is 12.1. The Balaban J connectivity index is 1.88. The quantitative estimate of drug-likeness (QED) is 0.890. The van der Waals surface area contributed by atoms with Crippen molar-refractivity contribution in [2.24, 2.45) is 0 Å². The third kappa shape index (κ3) is 5.18. The van der Waals surface area contributed by atoms with Crippen LogP contribution in [0.15, 0.2) is 18.3 Å². The number of alkyl halides is 3. The van der Waals surface area contributed by atoms with E-state index < -0.39 is 12.8 Å². The summed E-state index contributed by atoms with van der Waals surface area (Å²) in [5.74, 6) is -0.446. The van der Waals surface area contributed by atoms with Crippen molar-refractivity contribution < 1.29 is 22.7 Å². The second kappa shape index (κ2) is 6.95. The van der Waals surface area contributed by atoms with E-state index in [2.05, 4.69) is 20.4 Å². The van der Waals surface area contributed by atoms with Crippen LogP contribution in [0.1, 0.15) is 30.1 Å². The Morgan fingerprint density at radius 1 is 1.50 bits per heavy atom. The average molecular weight is 317 g/mol. The maximum atomic E-state index is 12.1. The van der Waals surface area contributed by atoms with Crippen molar-refractivity contribution in [3.05, 3.63) is 23.9 Å². The number of nitrogens with one attached hydrogen (secondary N) is 2. The molecule has 1 amide bonds. The number of carbonyl (C=O) groups is 1. The van der Waals surface area contributed by atoms with E-state index in [0.29, 0.717) is 11.6 Å². The van der Waals surface area contributed by atoms with E-state index in [9.17, 15) is 18.0 Å². The third-order valence-corrected chi connectivity index (χ3v) is 3.34. The first-order valence-corrected chi connectivity index (χ1v) is 7.03. The molecule has 2 N–H and O–H groups in total. The predicted molar refractivity (Wildman–Crippen MR) is 73.7 cm³/mol. The summed E-state index contributed by atoms with van der Waals surface area (Å²) in [6, 6.07) is 3.09. The lowest BCUT2D eigenvalue weighted by molar-refractivity contribution is -0.154. The summed E-state index contributed by atoms with van der Waals surface area (Å²) >= 11 is 0. The molecule has 0 saturated carbocycles. The molecule has 2 heterocycles. The van der Waals surface area contributed by atoms with Gasteiger partial charge in [-0.05, 0) is 32.4 Å². The summed E-state index contributed by atoms with van der Waals surface area (Å²) < 4.78 is 40.5. The van der Waals surface area contributed by atoms with Crippen LogP contribution in [-0.4, -0.2) is 42.3 Å². The minimum Gasteiger partial charge on any atom is -0.468 e. The number of halogens is 3. The number of nitrogens with zero attached hydrogens (tertiary/aromatic N) is 1. The van der Waals surface area contributed by atoms with Crippen molar-refractivity contribution in [2.75, 3.05) is 13.2 Å². The molecule has 0 aliphatic carbocycles. The Bertz CT molecular complexity index is 505. The van der Waals surface area contributed by atoms with Gasteiger partial charge in [-0.25, -0.2) is 4.98 Å². The van der Waals surface area contributed by atoms with Gasteiger partial charge in [0.15, 0.2) is 6.61 Å². The highest BCUT2D eigenvalue weighted by Gasteiger charge is 2.28. The number of aromatic nitrogens is 1. The van der Waals surface area contributed by atoms with E-state index in [-0.39, 0.29) is 17.8 Å². The van der Waals surface area contributed by atoms with Gasteiger partial charge in [-0.3, -0.25) is 4.79 Å². The molecule has 2 unspecified atom stereocenters. The van der Waals surface area contributed by atoms with E-state index in [4.69, 9.17) is 0 Å². The van der Waals surface area contributed by atoms with Gasteiger partial charge in [-0.1, -0.05) is 0 Å². The molecule has 1 aliphatic rings. The molecular formula is C14H18F3N3O2. The van der Waals surface area contributed by atoms with Crippen molar-refractivity contribution in [1.82, 2.24) is 15.6 Å².